The molecule has 0 bridgehead atoms. The van der Waals surface area contributed by atoms with Crippen molar-refractivity contribution in [2.75, 3.05) is 11.5 Å². The van der Waals surface area contributed by atoms with Gasteiger partial charge in [0.15, 0.2) is 0 Å². The first-order chi connectivity index (χ1) is 7.25. The quantitative estimate of drug-likeness (QED) is 0.584. The third kappa shape index (κ3) is 3.03. The van der Waals surface area contributed by atoms with E-state index in [0.717, 1.165) is 11.5 Å². The van der Waals surface area contributed by atoms with Gasteiger partial charge in [0.25, 0.3) is 0 Å². The van der Waals surface area contributed by atoms with Gasteiger partial charge in [0, 0.05) is 17.6 Å². The Kier molecular flexibility index (Phi) is 3.77. The third-order valence-electron chi connectivity index (χ3n) is 2.12. The van der Waals surface area contributed by atoms with Crippen molar-refractivity contribution >= 4 is 29.5 Å². The van der Waals surface area contributed by atoms with E-state index in [1.165, 1.54) is 12.2 Å². The number of cyclic esters (lactones) is 1. The molecular weight excluding hydrogens is 232 g/mol. The zero-order valence-electron chi connectivity index (χ0n) is 8.04. The molecule has 3 nitrogen and oxygen atoms in total. The van der Waals surface area contributed by atoms with Crippen molar-refractivity contribution in [2.24, 2.45) is 0 Å². The Bertz CT molecular complexity index is 295. The normalized spacial score (nSPS) is 32.5. The Hall–Kier alpha value is -0.390. The van der Waals surface area contributed by atoms with Crippen LogP contribution in [-0.4, -0.2) is 39.4 Å². The second kappa shape index (κ2) is 5.09. The first kappa shape index (κ1) is 11.1. The zero-order chi connectivity index (χ0) is 10.7. The predicted molar refractivity (Wildman–Crippen MR) is 62.9 cm³/mol. The highest BCUT2D eigenvalue weighted by Crippen LogP contribution is 2.32. The minimum absolute atomic E-state index is 0.387. The number of ether oxygens (including phenoxy) is 1. The van der Waals surface area contributed by atoms with Gasteiger partial charge in [0.1, 0.15) is 12.2 Å². The number of aliphatic hydroxyl groups is 1. The van der Waals surface area contributed by atoms with E-state index in [9.17, 15) is 9.90 Å². The average Bonchev–Trinajstić information content (AvgIpc) is 2.72. The molecular formula is C10H12O3S2. The van der Waals surface area contributed by atoms with Crippen molar-refractivity contribution in [3.8, 4) is 0 Å². The molecule has 15 heavy (non-hydrogen) atoms. The molecule has 0 aromatic heterocycles. The smallest absolute Gasteiger partial charge is 0.331 e. The number of hydrogen-bond acceptors (Lipinski definition) is 5. The third-order valence-corrected chi connectivity index (χ3v) is 5.05. The molecule has 0 aromatic carbocycles. The molecule has 0 spiro atoms. The number of thioether (sulfide) groups is 2. The summed E-state index contributed by atoms with van der Waals surface area (Å²) >= 11 is 3.74. The molecule has 1 fully saturated rings. The summed E-state index contributed by atoms with van der Waals surface area (Å²) < 4.78 is 5.41. The fraction of sp³-hybridized carbons (Fsp3) is 0.500. The molecule has 2 heterocycles. The van der Waals surface area contributed by atoms with E-state index in [1.54, 1.807) is 6.08 Å². The summed E-state index contributed by atoms with van der Waals surface area (Å²) in [4.78, 5) is 11.0. The molecule has 0 aromatic rings. The van der Waals surface area contributed by atoms with Crippen molar-refractivity contribution < 1.29 is 14.6 Å². The zero-order valence-corrected chi connectivity index (χ0v) is 9.67. The van der Waals surface area contributed by atoms with Crippen LogP contribution in [0.15, 0.2) is 24.3 Å². The van der Waals surface area contributed by atoms with Crippen molar-refractivity contribution in [1.82, 2.24) is 0 Å². The first-order valence-corrected chi connectivity index (χ1v) is 6.84. The van der Waals surface area contributed by atoms with Gasteiger partial charge in [-0.05, 0) is 12.2 Å². The number of hydrogen-bond donors (Lipinski definition) is 1. The van der Waals surface area contributed by atoms with Gasteiger partial charge in [0.2, 0.25) is 0 Å². The van der Waals surface area contributed by atoms with Gasteiger partial charge in [-0.2, -0.15) is 0 Å². The summed E-state index contributed by atoms with van der Waals surface area (Å²) in [5.41, 5.74) is 0. The standard InChI is InChI=1S/C10H12O3S2/c11-7-1-3-9(12)13-8(7)2-4-10-14-5-6-15-10/h1-4,7-8,10-11H,5-6H2/b4-2+/t7-,8+/m1/s1. The monoisotopic (exact) mass is 244 g/mol. The Morgan fingerprint density at radius 1 is 1.40 bits per heavy atom. The molecule has 0 aliphatic carbocycles. The molecule has 2 aliphatic rings. The fourth-order valence-electron chi connectivity index (χ4n) is 1.37. The largest absolute Gasteiger partial charge is 0.452 e. The van der Waals surface area contributed by atoms with Crippen LogP contribution in [0.3, 0.4) is 0 Å². The summed E-state index contributed by atoms with van der Waals surface area (Å²) in [6.45, 7) is 0. The Balaban J connectivity index is 1.92. The average molecular weight is 244 g/mol. The Labute approximate surface area is 96.9 Å². The summed E-state index contributed by atoms with van der Waals surface area (Å²) in [6, 6.07) is 0. The van der Waals surface area contributed by atoms with Crippen LogP contribution in [0.25, 0.3) is 0 Å². The molecule has 2 rings (SSSR count). The minimum atomic E-state index is -0.713. The predicted octanol–water partition coefficient (Wildman–Crippen LogP) is 1.19. The van der Waals surface area contributed by atoms with Gasteiger partial charge < -0.3 is 9.84 Å². The maximum Gasteiger partial charge on any atom is 0.331 e. The molecule has 0 unspecified atom stereocenters. The van der Waals surface area contributed by atoms with Crippen LogP contribution < -0.4 is 0 Å². The van der Waals surface area contributed by atoms with Crippen LogP contribution in [0.4, 0.5) is 0 Å². The SMILES string of the molecule is O=C1C=C[C@@H](O)[C@H](/C=C/C2SCCS2)O1. The lowest BCUT2D eigenvalue weighted by Crippen LogP contribution is -2.31. The second-order valence-electron chi connectivity index (χ2n) is 3.25. The van der Waals surface area contributed by atoms with E-state index >= 15 is 0 Å². The van der Waals surface area contributed by atoms with Gasteiger partial charge in [-0.3, -0.25) is 0 Å². The van der Waals surface area contributed by atoms with Gasteiger partial charge >= 0.3 is 5.97 Å². The van der Waals surface area contributed by atoms with Gasteiger partial charge in [-0.15, -0.1) is 23.5 Å². The number of carbonyl (C=O) groups is 1. The highest BCUT2D eigenvalue weighted by molar-refractivity contribution is 8.20. The van der Waals surface area contributed by atoms with E-state index < -0.39 is 12.2 Å². The van der Waals surface area contributed by atoms with E-state index in [1.807, 2.05) is 29.6 Å². The minimum Gasteiger partial charge on any atom is -0.452 e. The van der Waals surface area contributed by atoms with Crippen LogP contribution >= 0.6 is 23.5 Å². The molecule has 82 valence electrons. The van der Waals surface area contributed by atoms with E-state index in [2.05, 4.69) is 0 Å². The van der Waals surface area contributed by atoms with Gasteiger partial charge in [0.05, 0.1) is 4.58 Å². The van der Waals surface area contributed by atoms with Crippen molar-refractivity contribution in [3.63, 3.8) is 0 Å². The molecule has 2 atom stereocenters. The highest BCUT2D eigenvalue weighted by Gasteiger charge is 2.23. The molecule has 1 saturated heterocycles. The lowest BCUT2D eigenvalue weighted by Gasteiger charge is -2.20. The van der Waals surface area contributed by atoms with E-state index in [-0.39, 0.29) is 5.97 Å². The van der Waals surface area contributed by atoms with Crippen LogP contribution in [0, 0.1) is 0 Å². The van der Waals surface area contributed by atoms with Gasteiger partial charge in [-0.1, -0.05) is 6.08 Å². The van der Waals surface area contributed by atoms with Crippen molar-refractivity contribution in [2.45, 2.75) is 16.8 Å². The van der Waals surface area contributed by atoms with Gasteiger partial charge in [-0.25, -0.2) is 4.79 Å². The summed E-state index contributed by atoms with van der Waals surface area (Å²) in [5, 5.41) is 9.53. The summed E-state index contributed by atoms with van der Waals surface area (Å²) in [5.74, 6) is 1.93. The maximum atomic E-state index is 11.0. The molecule has 5 heteroatoms. The lowest BCUT2D eigenvalue weighted by atomic mass is 10.1. The number of esters is 1. The summed E-state index contributed by atoms with van der Waals surface area (Å²) in [6.07, 6.45) is 5.27. The lowest BCUT2D eigenvalue weighted by molar-refractivity contribution is -0.146. The number of aliphatic hydroxyl groups excluding tert-OH is 1. The molecule has 0 saturated carbocycles. The molecule has 0 amide bonds. The second-order valence-corrected chi connectivity index (χ2v) is 6.04. The van der Waals surface area contributed by atoms with Crippen molar-refractivity contribution in [3.05, 3.63) is 24.3 Å². The topological polar surface area (TPSA) is 46.5 Å². The van der Waals surface area contributed by atoms with E-state index in [4.69, 9.17) is 4.74 Å². The molecule has 0 radical (unpaired) electrons. The van der Waals surface area contributed by atoms with Crippen LogP contribution in [0.2, 0.25) is 0 Å². The molecule has 2 aliphatic heterocycles. The number of rotatable bonds is 2. The van der Waals surface area contributed by atoms with Crippen LogP contribution in [0.1, 0.15) is 0 Å². The maximum absolute atomic E-state index is 11.0. The van der Waals surface area contributed by atoms with Crippen LogP contribution in [-0.2, 0) is 9.53 Å². The fourth-order valence-corrected chi connectivity index (χ4v) is 3.97. The summed E-state index contributed by atoms with van der Waals surface area (Å²) in [7, 11) is 0. The van der Waals surface area contributed by atoms with Crippen LogP contribution in [0.5, 0.6) is 0 Å². The Morgan fingerprint density at radius 3 is 2.87 bits per heavy atom. The van der Waals surface area contributed by atoms with Crippen molar-refractivity contribution in [1.29, 1.82) is 0 Å². The first-order valence-electron chi connectivity index (χ1n) is 4.74. The molecule has 1 N–H and O–H groups in total. The number of carbonyl (C=O) groups excluding carboxylic acids is 1. The van der Waals surface area contributed by atoms with E-state index in [0.29, 0.717) is 4.58 Å². The highest BCUT2D eigenvalue weighted by atomic mass is 32.2. The Morgan fingerprint density at radius 2 is 2.13 bits per heavy atom.